The van der Waals surface area contributed by atoms with Gasteiger partial charge in [0.05, 0.1) is 24.7 Å². The number of nitrogen functional groups attached to an aromatic ring is 1. The summed E-state index contributed by atoms with van der Waals surface area (Å²) in [5.41, 5.74) is 13.1. The highest BCUT2D eigenvalue weighted by Crippen LogP contribution is 2.45. The molecule has 4 aromatic rings. The number of nitrogens with two attached hydrogens (primary N) is 1. The average molecular weight is 548 g/mol. The van der Waals surface area contributed by atoms with E-state index in [9.17, 15) is 13.2 Å². The molecule has 6 rings (SSSR count). The van der Waals surface area contributed by atoms with Crippen LogP contribution in [0.5, 0.6) is 0 Å². The van der Waals surface area contributed by atoms with Crippen molar-refractivity contribution in [2.45, 2.75) is 48.6 Å². The molecule has 2 fully saturated rings. The predicted molar refractivity (Wildman–Crippen MR) is 145 cm³/mol. The molecule has 1 aromatic carbocycles. The van der Waals surface area contributed by atoms with Crippen molar-refractivity contribution in [1.29, 1.82) is 0 Å². The summed E-state index contributed by atoms with van der Waals surface area (Å²) < 4.78 is 27.4. The number of piperidine rings is 1. The fourth-order valence-electron chi connectivity index (χ4n) is 6.08. The van der Waals surface area contributed by atoms with Crippen molar-refractivity contribution in [3.8, 4) is 22.4 Å². The van der Waals surface area contributed by atoms with Crippen molar-refractivity contribution < 1.29 is 18.0 Å². The number of rotatable bonds is 5. The van der Waals surface area contributed by atoms with Gasteiger partial charge in [-0.05, 0) is 31.7 Å². The van der Waals surface area contributed by atoms with Crippen LogP contribution in [0.15, 0.2) is 59.8 Å². The van der Waals surface area contributed by atoms with Gasteiger partial charge in [0.25, 0.3) is 0 Å². The second-order valence-electron chi connectivity index (χ2n) is 10.1. The monoisotopic (exact) mass is 547 g/mol. The van der Waals surface area contributed by atoms with Crippen LogP contribution in [-0.4, -0.2) is 64.4 Å². The van der Waals surface area contributed by atoms with Gasteiger partial charge >= 0.3 is 6.03 Å². The molecule has 2 amide bonds. The second kappa shape index (κ2) is 9.62. The van der Waals surface area contributed by atoms with Gasteiger partial charge in [-0.2, -0.15) is 9.61 Å². The number of pyridine rings is 1. The molecule has 11 nitrogen and oxygen atoms in total. The number of urea groups is 1. The van der Waals surface area contributed by atoms with Crippen molar-refractivity contribution in [3.05, 3.63) is 60.6 Å². The minimum absolute atomic E-state index is 0.00129. The Morgan fingerprint density at radius 3 is 2.38 bits per heavy atom. The number of hydrogen-bond donors (Lipinski definition) is 2. The minimum Gasteiger partial charge on any atom is -0.382 e. The third-order valence-electron chi connectivity index (χ3n) is 7.72. The quantitative estimate of drug-likeness (QED) is 0.362. The molecule has 2 aliphatic rings. The lowest BCUT2D eigenvalue weighted by Crippen LogP contribution is -2.50. The molecule has 0 radical (unpaired) electrons. The van der Waals surface area contributed by atoms with Crippen LogP contribution in [-0.2, 0) is 14.7 Å². The fraction of sp³-hybridized carbons (Fsp3) is 0.333. The third-order valence-corrected chi connectivity index (χ3v) is 8.88. The number of sulfone groups is 1. The van der Waals surface area contributed by atoms with E-state index in [-0.39, 0.29) is 34.7 Å². The largest absolute Gasteiger partial charge is 0.382 e. The molecule has 0 saturated carbocycles. The lowest BCUT2D eigenvalue weighted by molar-refractivity contribution is 0.0650. The smallest absolute Gasteiger partial charge is 0.341 e. The number of nitrogens with zero attached hydrogens (tertiary/aromatic N) is 5. The van der Waals surface area contributed by atoms with Crippen molar-refractivity contribution in [2.75, 3.05) is 19.1 Å². The van der Waals surface area contributed by atoms with E-state index in [1.807, 2.05) is 47.4 Å². The van der Waals surface area contributed by atoms with Gasteiger partial charge in [-0.3, -0.25) is 9.82 Å². The number of carbonyl (C=O) groups is 1. The van der Waals surface area contributed by atoms with Crippen LogP contribution in [0.2, 0.25) is 0 Å². The Hall–Kier alpha value is -4.03. The molecule has 2 aliphatic heterocycles. The fourth-order valence-corrected chi connectivity index (χ4v) is 7.14. The van der Waals surface area contributed by atoms with Crippen LogP contribution in [0.4, 0.5) is 10.6 Å². The van der Waals surface area contributed by atoms with E-state index in [2.05, 4.69) is 15.6 Å². The molecule has 202 valence electrons. The Labute approximate surface area is 225 Å². The molecule has 0 unspecified atom stereocenters. The van der Waals surface area contributed by atoms with Crippen LogP contribution in [0.1, 0.15) is 37.3 Å². The predicted octanol–water partition coefficient (Wildman–Crippen LogP) is 3.43. The second-order valence-corrected chi connectivity index (χ2v) is 12.1. The lowest BCUT2D eigenvalue weighted by atomic mass is 9.88. The number of fused-ring (bicyclic) bond motifs is 3. The molecule has 3 atom stereocenters. The van der Waals surface area contributed by atoms with Gasteiger partial charge < -0.3 is 10.6 Å². The van der Waals surface area contributed by atoms with Gasteiger partial charge in [0.15, 0.2) is 15.5 Å². The maximum atomic E-state index is 13.0. The van der Waals surface area contributed by atoms with Crippen molar-refractivity contribution in [3.63, 3.8) is 0 Å². The van der Waals surface area contributed by atoms with E-state index in [0.717, 1.165) is 35.9 Å². The zero-order chi connectivity index (χ0) is 27.3. The van der Waals surface area contributed by atoms with Crippen LogP contribution >= 0.6 is 0 Å². The molecular weight excluding hydrogens is 518 g/mol. The topological polar surface area (TPSA) is 145 Å². The summed E-state index contributed by atoms with van der Waals surface area (Å²) in [5.74, 6) is -0.156. The minimum atomic E-state index is -3.72. The number of carbonyl (C=O) groups excluding carboxylic acids is 1. The Balaban J connectivity index is 1.42. The summed E-state index contributed by atoms with van der Waals surface area (Å²) in [6, 6.07) is 13.4. The number of anilines is 1. The van der Waals surface area contributed by atoms with E-state index in [0.29, 0.717) is 29.7 Å². The van der Waals surface area contributed by atoms with Crippen LogP contribution in [0.3, 0.4) is 0 Å². The van der Waals surface area contributed by atoms with Gasteiger partial charge in [-0.1, -0.05) is 36.4 Å². The summed E-state index contributed by atoms with van der Waals surface area (Å²) >= 11 is 0. The first-order valence-corrected chi connectivity index (χ1v) is 14.7. The number of amides is 2. The van der Waals surface area contributed by atoms with Crippen molar-refractivity contribution >= 4 is 27.3 Å². The lowest BCUT2D eigenvalue weighted by Gasteiger charge is -2.38. The molecule has 39 heavy (non-hydrogen) atoms. The first kappa shape index (κ1) is 25.3. The molecule has 2 saturated heterocycles. The number of benzene rings is 1. The molecule has 0 spiro atoms. The third kappa shape index (κ3) is 4.39. The molecule has 3 aromatic heterocycles. The first-order chi connectivity index (χ1) is 18.8. The highest BCUT2D eigenvalue weighted by molar-refractivity contribution is 7.91. The van der Waals surface area contributed by atoms with Gasteiger partial charge in [0.1, 0.15) is 10.7 Å². The Kier molecular flexibility index (Phi) is 6.23. The van der Waals surface area contributed by atoms with Crippen LogP contribution < -0.4 is 11.2 Å². The zero-order valence-electron chi connectivity index (χ0n) is 21.6. The SMILES string of the molecule is CONC(=O)N1[C@@H]2CC[C@H]1C[C@@H](c1nc3c(-c4ccc(-c5ccccc5)nc4)cnn3c(N)c1S(C)(=O)=O)C2. The highest BCUT2D eigenvalue weighted by atomic mass is 32.2. The van der Waals surface area contributed by atoms with E-state index >= 15 is 0 Å². The number of nitrogens with one attached hydrogen (secondary N) is 1. The Bertz CT molecular complexity index is 1640. The zero-order valence-corrected chi connectivity index (χ0v) is 22.4. The van der Waals surface area contributed by atoms with E-state index in [4.69, 9.17) is 15.6 Å². The molecule has 0 aliphatic carbocycles. The van der Waals surface area contributed by atoms with Crippen LogP contribution in [0, 0.1) is 0 Å². The normalized spacial score (nSPS) is 20.9. The standard InChI is InChI=1S/C27H29N7O4S/c1-38-32-27(35)33-19-9-10-20(33)13-18(12-19)23-24(39(2,36)37)25(28)34-26(31-23)21(15-30-34)17-8-11-22(29-14-17)16-6-4-3-5-7-16/h3-8,11,14-15,18-20H,9-10,12-13,28H2,1-2H3,(H,32,35)/t18-,19+,20-. The first-order valence-electron chi connectivity index (χ1n) is 12.8. The van der Waals surface area contributed by atoms with E-state index < -0.39 is 9.84 Å². The van der Waals surface area contributed by atoms with Gasteiger partial charge in [0.2, 0.25) is 0 Å². The Morgan fingerprint density at radius 2 is 1.77 bits per heavy atom. The van der Waals surface area contributed by atoms with Gasteiger partial charge in [-0.25, -0.2) is 23.7 Å². The van der Waals surface area contributed by atoms with Gasteiger partial charge in [0, 0.05) is 47.1 Å². The van der Waals surface area contributed by atoms with Crippen molar-refractivity contribution in [1.82, 2.24) is 30.0 Å². The molecule has 2 bridgehead atoms. The summed E-state index contributed by atoms with van der Waals surface area (Å²) in [5, 5.41) is 4.40. The molecular formula is C27H29N7O4S. The number of hydrogen-bond acceptors (Lipinski definition) is 8. The van der Waals surface area contributed by atoms with E-state index in [1.165, 1.54) is 11.6 Å². The van der Waals surface area contributed by atoms with Crippen LogP contribution in [0.25, 0.3) is 28.0 Å². The van der Waals surface area contributed by atoms with E-state index in [1.54, 1.807) is 12.4 Å². The summed E-state index contributed by atoms with van der Waals surface area (Å²) in [6.45, 7) is 0. The van der Waals surface area contributed by atoms with Crippen molar-refractivity contribution in [2.24, 2.45) is 0 Å². The number of hydroxylamine groups is 1. The average Bonchev–Trinajstić information content (AvgIpc) is 3.47. The molecule has 12 heteroatoms. The summed E-state index contributed by atoms with van der Waals surface area (Å²) in [7, 11) is -2.32. The summed E-state index contributed by atoms with van der Waals surface area (Å²) in [4.78, 5) is 28.8. The highest BCUT2D eigenvalue weighted by Gasteiger charge is 2.45. The number of aromatic nitrogens is 4. The maximum Gasteiger partial charge on any atom is 0.341 e. The molecule has 3 N–H and O–H groups in total. The molecule has 5 heterocycles. The van der Waals surface area contributed by atoms with Gasteiger partial charge in [-0.15, -0.1) is 0 Å². The Morgan fingerprint density at radius 1 is 1.05 bits per heavy atom. The maximum absolute atomic E-state index is 13.0. The summed E-state index contributed by atoms with van der Waals surface area (Å²) in [6.07, 6.45) is 7.36.